The molecule has 0 fully saturated rings. The molecule has 1 atom stereocenters. The van der Waals surface area contributed by atoms with Crippen molar-refractivity contribution in [3.05, 3.63) is 28.5 Å². The average molecular weight is 256 g/mol. The average Bonchev–Trinajstić information content (AvgIpc) is 2.62. The van der Waals surface area contributed by atoms with E-state index in [2.05, 4.69) is 25.9 Å². The van der Waals surface area contributed by atoms with Gasteiger partial charge in [-0.3, -0.25) is 0 Å². The second-order valence-electron chi connectivity index (χ2n) is 3.01. The number of hydrogen-bond acceptors (Lipinski definition) is 3. The third-order valence-electron chi connectivity index (χ3n) is 2.02. The van der Waals surface area contributed by atoms with Crippen LogP contribution >= 0.6 is 15.9 Å². The number of nitrogens with two attached hydrogens (primary N) is 1. The first-order chi connectivity index (χ1) is 6.72. The van der Waals surface area contributed by atoms with Crippen molar-refractivity contribution in [3.8, 4) is 0 Å². The molecule has 5 heteroatoms. The van der Waals surface area contributed by atoms with Gasteiger partial charge in [0.05, 0.1) is 5.52 Å². The van der Waals surface area contributed by atoms with E-state index in [-0.39, 0.29) is 6.54 Å². The SMILES string of the molecule is NCC(O)c1nc2c(Br)cccc2[nH]1. The van der Waals surface area contributed by atoms with Crippen LogP contribution in [0.3, 0.4) is 0 Å². The number of aromatic amines is 1. The summed E-state index contributed by atoms with van der Waals surface area (Å²) in [6.45, 7) is 0.164. The Morgan fingerprint density at radius 1 is 1.57 bits per heavy atom. The van der Waals surface area contributed by atoms with Crippen molar-refractivity contribution in [3.63, 3.8) is 0 Å². The molecule has 4 N–H and O–H groups in total. The highest BCUT2D eigenvalue weighted by atomic mass is 79.9. The Morgan fingerprint density at radius 2 is 2.36 bits per heavy atom. The first-order valence-corrected chi connectivity index (χ1v) is 5.04. The largest absolute Gasteiger partial charge is 0.384 e. The van der Waals surface area contributed by atoms with Crippen LogP contribution < -0.4 is 5.73 Å². The lowest BCUT2D eigenvalue weighted by molar-refractivity contribution is 0.178. The molecule has 4 nitrogen and oxygen atoms in total. The van der Waals surface area contributed by atoms with E-state index in [1.54, 1.807) is 0 Å². The lowest BCUT2D eigenvalue weighted by atomic mass is 10.3. The number of nitrogens with one attached hydrogen (secondary N) is 1. The molecule has 1 aromatic heterocycles. The Labute approximate surface area is 89.3 Å². The molecule has 1 unspecified atom stereocenters. The van der Waals surface area contributed by atoms with Gasteiger partial charge in [-0.05, 0) is 28.1 Å². The number of aliphatic hydroxyl groups excluding tert-OH is 1. The van der Waals surface area contributed by atoms with Crippen molar-refractivity contribution in [2.75, 3.05) is 6.54 Å². The molecule has 0 aliphatic rings. The second kappa shape index (κ2) is 3.68. The van der Waals surface area contributed by atoms with E-state index in [1.165, 1.54) is 0 Å². The molecule has 0 radical (unpaired) electrons. The van der Waals surface area contributed by atoms with Gasteiger partial charge in [0.25, 0.3) is 0 Å². The van der Waals surface area contributed by atoms with Crippen LogP contribution in [-0.2, 0) is 0 Å². The number of rotatable bonds is 2. The molecule has 14 heavy (non-hydrogen) atoms. The van der Waals surface area contributed by atoms with Crippen molar-refractivity contribution >= 4 is 27.0 Å². The first-order valence-electron chi connectivity index (χ1n) is 4.24. The minimum absolute atomic E-state index is 0.164. The number of imidazole rings is 1. The Balaban J connectivity index is 2.56. The highest BCUT2D eigenvalue weighted by Gasteiger charge is 2.11. The molecule has 0 spiro atoms. The number of hydrogen-bond donors (Lipinski definition) is 3. The zero-order valence-electron chi connectivity index (χ0n) is 7.37. The van der Waals surface area contributed by atoms with Gasteiger partial charge in [-0.2, -0.15) is 0 Å². The number of fused-ring (bicyclic) bond motifs is 1. The maximum Gasteiger partial charge on any atom is 0.137 e. The molecule has 0 aliphatic heterocycles. The third kappa shape index (κ3) is 1.54. The summed E-state index contributed by atoms with van der Waals surface area (Å²) in [6.07, 6.45) is -0.728. The highest BCUT2D eigenvalue weighted by Crippen LogP contribution is 2.23. The zero-order chi connectivity index (χ0) is 10.1. The molecular formula is C9H10BrN3O. The van der Waals surface area contributed by atoms with E-state index in [1.807, 2.05) is 18.2 Å². The van der Waals surface area contributed by atoms with Gasteiger partial charge in [0, 0.05) is 11.0 Å². The van der Waals surface area contributed by atoms with E-state index >= 15 is 0 Å². The van der Waals surface area contributed by atoms with Gasteiger partial charge in [-0.1, -0.05) is 6.07 Å². The summed E-state index contributed by atoms with van der Waals surface area (Å²) < 4.78 is 0.904. The quantitative estimate of drug-likeness (QED) is 0.758. The summed E-state index contributed by atoms with van der Waals surface area (Å²) >= 11 is 3.39. The summed E-state index contributed by atoms with van der Waals surface area (Å²) in [5.41, 5.74) is 7.05. The Hall–Kier alpha value is -0.910. The van der Waals surface area contributed by atoms with E-state index in [0.717, 1.165) is 15.5 Å². The summed E-state index contributed by atoms with van der Waals surface area (Å²) in [5.74, 6) is 0.509. The van der Waals surface area contributed by atoms with Crippen LogP contribution in [0.2, 0.25) is 0 Å². The molecule has 0 amide bonds. The third-order valence-corrected chi connectivity index (χ3v) is 2.66. The molecule has 1 heterocycles. The van der Waals surface area contributed by atoms with Crippen LogP contribution in [0.25, 0.3) is 11.0 Å². The van der Waals surface area contributed by atoms with Crippen LogP contribution in [0.15, 0.2) is 22.7 Å². The second-order valence-corrected chi connectivity index (χ2v) is 3.86. The standard InChI is InChI=1S/C9H10BrN3O/c10-5-2-1-3-6-8(5)13-9(12-6)7(14)4-11/h1-3,7,14H,4,11H2,(H,12,13). The normalized spacial score (nSPS) is 13.4. The molecule has 0 saturated heterocycles. The van der Waals surface area contributed by atoms with Gasteiger partial charge in [0.1, 0.15) is 17.4 Å². The van der Waals surface area contributed by atoms with Crippen molar-refractivity contribution in [2.45, 2.75) is 6.10 Å². The predicted molar refractivity (Wildman–Crippen MR) is 57.8 cm³/mol. The fourth-order valence-corrected chi connectivity index (χ4v) is 1.74. The molecule has 0 bridgehead atoms. The van der Waals surface area contributed by atoms with Crippen molar-refractivity contribution < 1.29 is 5.11 Å². The van der Waals surface area contributed by atoms with Crippen LogP contribution in [0, 0.1) is 0 Å². The topological polar surface area (TPSA) is 74.9 Å². The Morgan fingerprint density at radius 3 is 3.00 bits per heavy atom. The molecule has 74 valence electrons. The van der Waals surface area contributed by atoms with Gasteiger partial charge in [-0.25, -0.2) is 4.98 Å². The fraction of sp³-hybridized carbons (Fsp3) is 0.222. The van der Waals surface area contributed by atoms with E-state index < -0.39 is 6.10 Å². The minimum Gasteiger partial charge on any atom is -0.384 e. The highest BCUT2D eigenvalue weighted by molar-refractivity contribution is 9.10. The number of aliphatic hydroxyl groups is 1. The predicted octanol–water partition coefficient (Wildman–Crippen LogP) is 1.32. The first kappa shape index (κ1) is 9.64. The van der Waals surface area contributed by atoms with Crippen LogP contribution in [-0.4, -0.2) is 21.6 Å². The smallest absolute Gasteiger partial charge is 0.137 e. The molecule has 1 aromatic carbocycles. The number of aromatic nitrogens is 2. The van der Waals surface area contributed by atoms with Gasteiger partial charge < -0.3 is 15.8 Å². The van der Waals surface area contributed by atoms with Crippen LogP contribution in [0.4, 0.5) is 0 Å². The summed E-state index contributed by atoms with van der Waals surface area (Å²) in [5, 5.41) is 9.49. The molecular weight excluding hydrogens is 246 g/mol. The zero-order valence-corrected chi connectivity index (χ0v) is 8.95. The maximum absolute atomic E-state index is 9.49. The lowest BCUT2D eigenvalue weighted by Gasteiger charge is -2.01. The van der Waals surface area contributed by atoms with E-state index in [0.29, 0.717) is 5.82 Å². The maximum atomic E-state index is 9.49. The van der Waals surface area contributed by atoms with Crippen molar-refractivity contribution in [1.29, 1.82) is 0 Å². The summed E-state index contributed by atoms with van der Waals surface area (Å²) in [4.78, 5) is 7.27. The number of nitrogens with zero attached hydrogens (tertiary/aromatic N) is 1. The Kier molecular flexibility index (Phi) is 2.54. The fourth-order valence-electron chi connectivity index (χ4n) is 1.29. The van der Waals surface area contributed by atoms with Crippen molar-refractivity contribution in [1.82, 2.24) is 9.97 Å². The molecule has 0 aliphatic carbocycles. The monoisotopic (exact) mass is 255 g/mol. The van der Waals surface area contributed by atoms with Gasteiger partial charge in [0.2, 0.25) is 0 Å². The van der Waals surface area contributed by atoms with Gasteiger partial charge in [0.15, 0.2) is 0 Å². The van der Waals surface area contributed by atoms with Gasteiger partial charge in [-0.15, -0.1) is 0 Å². The Bertz CT molecular complexity index is 454. The number of para-hydroxylation sites is 1. The minimum atomic E-state index is -0.728. The van der Waals surface area contributed by atoms with Crippen molar-refractivity contribution in [2.24, 2.45) is 5.73 Å². The summed E-state index contributed by atoms with van der Waals surface area (Å²) in [7, 11) is 0. The van der Waals surface area contributed by atoms with E-state index in [4.69, 9.17) is 5.73 Å². The molecule has 0 saturated carbocycles. The lowest BCUT2D eigenvalue weighted by Crippen LogP contribution is -2.12. The van der Waals surface area contributed by atoms with Crippen LogP contribution in [0.5, 0.6) is 0 Å². The molecule has 2 rings (SSSR count). The van der Waals surface area contributed by atoms with Gasteiger partial charge >= 0.3 is 0 Å². The number of halogens is 1. The number of benzene rings is 1. The summed E-state index contributed by atoms with van der Waals surface area (Å²) in [6, 6.07) is 5.71. The number of H-pyrrole nitrogens is 1. The molecule has 2 aromatic rings. The van der Waals surface area contributed by atoms with Crippen LogP contribution in [0.1, 0.15) is 11.9 Å². The van der Waals surface area contributed by atoms with E-state index in [9.17, 15) is 5.11 Å².